The SMILES string of the molecule is O=C(NBr)C(Cl)Cl. The summed E-state index contributed by atoms with van der Waals surface area (Å²) in [5.41, 5.74) is 0. The van der Waals surface area contributed by atoms with Crippen LogP contribution in [-0.4, -0.2) is 10.7 Å². The van der Waals surface area contributed by atoms with Crippen LogP contribution in [0.3, 0.4) is 0 Å². The van der Waals surface area contributed by atoms with Crippen LogP contribution in [-0.2, 0) is 4.79 Å². The Morgan fingerprint density at radius 1 is 1.71 bits per heavy atom. The fourth-order valence-corrected chi connectivity index (χ4v) is 0.643. The molecule has 1 amide bonds. The minimum atomic E-state index is -0.987. The molecule has 7 heavy (non-hydrogen) atoms. The van der Waals surface area contributed by atoms with Gasteiger partial charge in [-0.25, -0.2) is 0 Å². The molecular formula is C2H2BrCl2NO. The molecule has 0 saturated heterocycles. The molecule has 42 valence electrons. The van der Waals surface area contributed by atoms with Gasteiger partial charge in [0.05, 0.1) is 0 Å². The summed E-state index contributed by atoms with van der Waals surface area (Å²) >= 11 is 12.8. The van der Waals surface area contributed by atoms with Crippen molar-refractivity contribution in [2.24, 2.45) is 0 Å². The maximum Gasteiger partial charge on any atom is 0.263 e. The molecule has 2 nitrogen and oxygen atoms in total. The van der Waals surface area contributed by atoms with Crippen LogP contribution in [0.15, 0.2) is 0 Å². The fourth-order valence-electron chi connectivity index (χ4n) is 0.0412. The molecule has 0 radical (unpaired) electrons. The first kappa shape index (κ1) is 7.53. The smallest absolute Gasteiger partial charge is 0.263 e. The highest BCUT2D eigenvalue weighted by atomic mass is 79.9. The first-order chi connectivity index (χ1) is 3.18. The second kappa shape index (κ2) is 3.52. The molecule has 0 unspecified atom stereocenters. The Hall–Kier alpha value is 0.530. The van der Waals surface area contributed by atoms with Crippen molar-refractivity contribution in [2.45, 2.75) is 4.84 Å². The van der Waals surface area contributed by atoms with E-state index in [9.17, 15) is 4.79 Å². The molecule has 0 spiro atoms. The Labute approximate surface area is 59.5 Å². The van der Waals surface area contributed by atoms with Crippen LogP contribution in [0.1, 0.15) is 0 Å². The van der Waals surface area contributed by atoms with Crippen LogP contribution in [0, 0.1) is 0 Å². The largest absolute Gasteiger partial charge is 0.290 e. The molecular weight excluding hydrogens is 205 g/mol. The van der Waals surface area contributed by atoms with Gasteiger partial charge in [0.15, 0.2) is 4.84 Å². The number of amides is 1. The Morgan fingerprint density at radius 3 is 2.14 bits per heavy atom. The zero-order chi connectivity index (χ0) is 5.86. The van der Waals surface area contributed by atoms with Gasteiger partial charge in [0.2, 0.25) is 0 Å². The van der Waals surface area contributed by atoms with Crippen molar-refractivity contribution < 1.29 is 4.79 Å². The van der Waals surface area contributed by atoms with E-state index in [2.05, 4.69) is 20.5 Å². The van der Waals surface area contributed by atoms with Crippen LogP contribution in [0.2, 0.25) is 0 Å². The Bertz CT molecular complexity index is 76.1. The summed E-state index contributed by atoms with van der Waals surface area (Å²) in [6, 6.07) is 0. The number of carbonyl (C=O) groups is 1. The maximum absolute atomic E-state index is 10.1. The van der Waals surface area contributed by atoms with Gasteiger partial charge in [0, 0.05) is 16.1 Å². The lowest BCUT2D eigenvalue weighted by molar-refractivity contribution is -0.117. The highest BCUT2D eigenvalue weighted by Gasteiger charge is 2.07. The van der Waals surface area contributed by atoms with Gasteiger partial charge in [-0.05, 0) is 0 Å². The monoisotopic (exact) mass is 205 g/mol. The van der Waals surface area contributed by atoms with Crippen molar-refractivity contribution >= 4 is 45.3 Å². The van der Waals surface area contributed by atoms with Gasteiger partial charge in [-0.2, -0.15) is 0 Å². The molecule has 0 aromatic carbocycles. The molecule has 0 saturated carbocycles. The van der Waals surface area contributed by atoms with Gasteiger partial charge >= 0.3 is 0 Å². The molecule has 0 aromatic heterocycles. The third-order valence-electron chi connectivity index (χ3n) is 0.291. The van der Waals surface area contributed by atoms with Crippen LogP contribution in [0.5, 0.6) is 0 Å². The highest BCUT2D eigenvalue weighted by Crippen LogP contribution is 2.00. The van der Waals surface area contributed by atoms with Gasteiger partial charge in [-0.3, -0.25) is 9.14 Å². The van der Waals surface area contributed by atoms with E-state index in [0.29, 0.717) is 0 Å². The minimum Gasteiger partial charge on any atom is -0.290 e. The molecule has 5 heteroatoms. The third-order valence-corrected chi connectivity index (χ3v) is 1.08. The van der Waals surface area contributed by atoms with Gasteiger partial charge in [-0.1, -0.05) is 23.2 Å². The lowest BCUT2D eigenvalue weighted by Gasteiger charge is -1.92. The number of rotatable bonds is 1. The maximum atomic E-state index is 10.1. The first-order valence-electron chi connectivity index (χ1n) is 1.37. The van der Waals surface area contributed by atoms with Crippen molar-refractivity contribution in [3.8, 4) is 0 Å². The van der Waals surface area contributed by atoms with Gasteiger partial charge < -0.3 is 0 Å². The lowest BCUT2D eigenvalue weighted by Crippen LogP contribution is -2.18. The topological polar surface area (TPSA) is 29.1 Å². The van der Waals surface area contributed by atoms with E-state index in [-0.39, 0.29) is 0 Å². The highest BCUT2D eigenvalue weighted by molar-refractivity contribution is 9.08. The lowest BCUT2D eigenvalue weighted by atomic mass is 10.8. The predicted molar refractivity (Wildman–Crippen MR) is 32.6 cm³/mol. The molecule has 0 atom stereocenters. The minimum absolute atomic E-state index is 0.455. The average Bonchev–Trinajstić information content (AvgIpc) is 1.65. The van der Waals surface area contributed by atoms with Gasteiger partial charge in [0.25, 0.3) is 5.91 Å². The molecule has 1 N–H and O–H groups in total. The second-order valence-corrected chi connectivity index (χ2v) is 2.25. The number of halogens is 3. The Kier molecular flexibility index (Phi) is 3.79. The van der Waals surface area contributed by atoms with Crippen molar-refractivity contribution in [1.82, 2.24) is 4.34 Å². The molecule has 0 fully saturated rings. The van der Waals surface area contributed by atoms with E-state index < -0.39 is 10.7 Å². The number of carbonyl (C=O) groups excluding carboxylic acids is 1. The predicted octanol–water partition coefficient (Wildman–Crippen LogP) is 1.22. The van der Waals surface area contributed by atoms with Crippen LogP contribution in [0.4, 0.5) is 0 Å². The summed E-state index contributed by atoms with van der Waals surface area (Å²) in [4.78, 5) is 9.10. The number of hydrogen-bond acceptors (Lipinski definition) is 1. The van der Waals surface area contributed by atoms with E-state index in [0.717, 1.165) is 0 Å². The van der Waals surface area contributed by atoms with E-state index in [4.69, 9.17) is 23.2 Å². The molecule has 0 aliphatic carbocycles. The number of alkyl halides is 2. The van der Waals surface area contributed by atoms with E-state index in [1.165, 1.54) is 0 Å². The molecule has 0 rings (SSSR count). The summed E-state index contributed by atoms with van der Waals surface area (Å²) in [6.07, 6.45) is 0. The van der Waals surface area contributed by atoms with E-state index in [1.807, 2.05) is 0 Å². The van der Waals surface area contributed by atoms with E-state index >= 15 is 0 Å². The standard InChI is InChI=1S/C2H2BrCl2NO/c3-6-2(7)1(4)5/h1H,(H,6,7). The van der Waals surface area contributed by atoms with Crippen LogP contribution >= 0.6 is 39.3 Å². The summed E-state index contributed by atoms with van der Waals surface area (Å²) in [5.74, 6) is -0.455. The summed E-state index contributed by atoms with van der Waals surface area (Å²) < 4.78 is 2.07. The Morgan fingerprint density at radius 2 is 2.14 bits per heavy atom. The zero-order valence-corrected chi connectivity index (χ0v) is 6.22. The second-order valence-electron chi connectivity index (χ2n) is 0.759. The van der Waals surface area contributed by atoms with Crippen LogP contribution < -0.4 is 4.34 Å². The van der Waals surface area contributed by atoms with Crippen molar-refractivity contribution in [3.63, 3.8) is 0 Å². The zero-order valence-electron chi connectivity index (χ0n) is 3.12. The van der Waals surface area contributed by atoms with Crippen molar-refractivity contribution in [3.05, 3.63) is 0 Å². The number of nitrogens with one attached hydrogen (secondary N) is 1. The summed E-state index contributed by atoms with van der Waals surface area (Å²) in [7, 11) is 0. The fraction of sp³-hybridized carbons (Fsp3) is 0.500. The quantitative estimate of drug-likeness (QED) is 0.508. The summed E-state index contributed by atoms with van der Waals surface area (Å²) in [5, 5.41) is 0. The van der Waals surface area contributed by atoms with E-state index in [1.54, 1.807) is 0 Å². The summed E-state index contributed by atoms with van der Waals surface area (Å²) in [6.45, 7) is 0. The van der Waals surface area contributed by atoms with Crippen LogP contribution in [0.25, 0.3) is 0 Å². The number of hydrogen-bond donors (Lipinski definition) is 1. The van der Waals surface area contributed by atoms with Crippen molar-refractivity contribution in [2.75, 3.05) is 0 Å². The van der Waals surface area contributed by atoms with Gasteiger partial charge in [-0.15, -0.1) is 0 Å². The molecule has 0 bridgehead atoms. The first-order valence-corrected chi connectivity index (χ1v) is 3.03. The third kappa shape index (κ3) is 3.14. The van der Waals surface area contributed by atoms with Crippen molar-refractivity contribution in [1.29, 1.82) is 0 Å². The molecule has 0 aromatic rings. The average molecular weight is 207 g/mol. The molecule has 0 heterocycles. The normalized spacial score (nSPS) is 9.14. The Balaban J connectivity index is 3.35. The van der Waals surface area contributed by atoms with Gasteiger partial charge in [0.1, 0.15) is 0 Å². The molecule has 0 aliphatic rings. The molecule has 0 aliphatic heterocycles.